The Kier molecular flexibility index (Phi) is 51.2. The molecule has 7 heteroatoms. The molecule has 0 radical (unpaired) electrons. The van der Waals surface area contributed by atoms with Gasteiger partial charge in [-0.2, -0.15) is 0 Å². The van der Waals surface area contributed by atoms with Crippen molar-refractivity contribution in [1.82, 2.24) is 0 Å². The summed E-state index contributed by atoms with van der Waals surface area (Å²) in [5, 5.41) is 0. The molecular weight excluding hydrogens is 163 g/mol. The molecule has 0 heterocycles. The van der Waals surface area contributed by atoms with Gasteiger partial charge in [-0.05, 0) is 0 Å². The van der Waals surface area contributed by atoms with E-state index in [0.29, 0.717) is 0 Å². The predicted octanol–water partition coefficient (Wildman–Crippen LogP) is -4.81. The van der Waals surface area contributed by atoms with Gasteiger partial charge in [0.15, 0.2) is 0 Å². The Morgan fingerprint density at radius 3 is 1.43 bits per heavy atom. The Labute approximate surface area is 119 Å². The van der Waals surface area contributed by atoms with E-state index in [1.807, 2.05) is 0 Å². The summed E-state index contributed by atoms with van der Waals surface area (Å²) < 4.78 is 8.74. The van der Waals surface area contributed by atoms with Crippen molar-refractivity contribution in [2.45, 2.75) is 0 Å². The van der Waals surface area contributed by atoms with Crippen LogP contribution in [0.25, 0.3) is 0 Å². The molecule has 7 heavy (non-hydrogen) atoms. The molecule has 0 aromatic carbocycles. The van der Waals surface area contributed by atoms with E-state index in [1.54, 1.807) is 0 Å². The fraction of sp³-hybridized carbons (Fsp3) is 0. The van der Waals surface area contributed by atoms with Crippen molar-refractivity contribution in [1.29, 1.82) is 0 Å². The maximum atomic E-state index is 8.74. The van der Waals surface area contributed by atoms with Gasteiger partial charge in [0.05, 0.1) is 0 Å². The largest absolute Gasteiger partial charge is 2.00 e. The van der Waals surface area contributed by atoms with Gasteiger partial charge in [-0.15, -0.1) is 0 Å². The second-order valence-electron chi connectivity index (χ2n) is 0.283. The zero-order valence-electron chi connectivity index (χ0n) is 9.22. The first-order valence-electron chi connectivity index (χ1n) is 0.651. The Morgan fingerprint density at radius 1 is 1.43 bits per heavy atom. The minimum atomic E-state index is -3.13. The van der Waals surface area contributed by atoms with E-state index in [1.165, 1.54) is 0 Å². The standard InChI is InChI=1S/Ca.Mg.Na.H2O3Si.5H/c;;;1-4(2)3;;;;;/h;;;1-2H;;;;;/q2*+2;+1;;5*-1. The number of hydrogen-bond acceptors (Lipinski definition) is 1. The minimum absolute atomic E-state index is 0. The quantitative estimate of drug-likeness (QED) is 0.359. The van der Waals surface area contributed by atoms with Crippen molar-refractivity contribution in [3.63, 3.8) is 0 Å². The van der Waals surface area contributed by atoms with E-state index in [0.717, 1.165) is 0 Å². The summed E-state index contributed by atoms with van der Waals surface area (Å²) in [6.45, 7) is 0. The van der Waals surface area contributed by atoms with Crippen LogP contribution in [0.5, 0.6) is 0 Å². The maximum Gasteiger partial charge on any atom is 2.00 e. The summed E-state index contributed by atoms with van der Waals surface area (Å²) in [6, 6.07) is 0. The van der Waals surface area contributed by atoms with Crippen LogP contribution in [0, 0.1) is 0 Å². The van der Waals surface area contributed by atoms with Crippen LogP contribution in [0.2, 0.25) is 0 Å². The Balaban J connectivity index is -0.00000000161. The SMILES string of the molecule is O=[Si](O)O.[Ca+2].[H-].[H-].[H-].[H-].[H-].[Mg+2].[Na+]. The smallest absolute Gasteiger partial charge is 1.00 e. The van der Waals surface area contributed by atoms with Crippen molar-refractivity contribution in [2.75, 3.05) is 0 Å². The summed E-state index contributed by atoms with van der Waals surface area (Å²) in [5.74, 6) is 0. The topological polar surface area (TPSA) is 57.5 Å². The molecule has 0 aliphatic rings. The van der Waals surface area contributed by atoms with Gasteiger partial charge in [-0.25, -0.2) is 0 Å². The van der Waals surface area contributed by atoms with Crippen molar-refractivity contribution in [3.8, 4) is 0 Å². The molecule has 0 saturated heterocycles. The molecule has 0 amide bonds. The summed E-state index contributed by atoms with van der Waals surface area (Å²) in [4.78, 5) is 14.3. The monoisotopic (exact) mass is 170 g/mol. The van der Waals surface area contributed by atoms with Crippen molar-refractivity contribution in [3.05, 3.63) is 0 Å². The molecule has 0 atom stereocenters. The Morgan fingerprint density at radius 2 is 1.43 bits per heavy atom. The molecule has 0 spiro atoms. The molecule has 0 bridgehead atoms. The molecule has 0 aliphatic carbocycles. The molecule has 0 fully saturated rings. The number of hydrogen-bond donors (Lipinski definition) is 2. The average Bonchev–Trinajstić information content (AvgIpc) is 0.811. The van der Waals surface area contributed by atoms with E-state index in [2.05, 4.69) is 0 Å². The number of rotatable bonds is 0. The van der Waals surface area contributed by atoms with E-state index in [9.17, 15) is 0 Å². The van der Waals surface area contributed by atoms with Crippen LogP contribution in [-0.4, -0.2) is 79.6 Å². The summed E-state index contributed by atoms with van der Waals surface area (Å²) in [5.41, 5.74) is 0. The van der Waals surface area contributed by atoms with E-state index in [4.69, 9.17) is 14.1 Å². The fourth-order valence-electron chi connectivity index (χ4n) is 0. The first-order chi connectivity index (χ1) is 1.73. The molecule has 0 aliphatic heterocycles. The molecule has 2 N–H and O–H groups in total. The molecule has 0 aromatic rings. The molecular formula is H7CaMgNaO3Si. The normalized spacial score (nSPS) is 3.43. The van der Waals surface area contributed by atoms with Gasteiger partial charge in [-0.3, -0.25) is 4.46 Å². The third-order valence-corrected chi connectivity index (χ3v) is 0. The third kappa shape index (κ3) is 54.6. The van der Waals surface area contributed by atoms with Gasteiger partial charge >= 0.3 is 99.5 Å². The van der Waals surface area contributed by atoms with Crippen molar-refractivity contribution in [2.24, 2.45) is 0 Å². The zero-order valence-corrected chi connectivity index (χ0v) is 10.8. The van der Waals surface area contributed by atoms with E-state index < -0.39 is 9.17 Å². The molecule has 0 rings (SSSR count). The second kappa shape index (κ2) is 15.9. The summed E-state index contributed by atoms with van der Waals surface area (Å²) in [6.07, 6.45) is 0. The summed E-state index contributed by atoms with van der Waals surface area (Å²) in [7, 11) is -3.13. The van der Waals surface area contributed by atoms with Crippen LogP contribution in [0.4, 0.5) is 0 Å². The van der Waals surface area contributed by atoms with Crippen LogP contribution in [0.3, 0.4) is 0 Å². The van der Waals surface area contributed by atoms with Gasteiger partial charge in [0.1, 0.15) is 0 Å². The molecule has 34 valence electrons. The van der Waals surface area contributed by atoms with Gasteiger partial charge in [0.2, 0.25) is 0 Å². The van der Waals surface area contributed by atoms with Gasteiger partial charge in [-0.1, -0.05) is 0 Å². The predicted molar refractivity (Wildman–Crippen MR) is 27.9 cm³/mol. The first-order valence-corrected chi connectivity index (χ1v) is 1.95. The minimum Gasteiger partial charge on any atom is -1.00 e. The molecule has 0 unspecified atom stereocenters. The van der Waals surface area contributed by atoms with Gasteiger partial charge in [0, 0.05) is 0 Å². The van der Waals surface area contributed by atoms with Crippen LogP contribution >= 0.6 is 0 Å². The Bertz CT molecular complexity index is 49.7. The fourth-order valence-corrected chi connectivity index (χ4v) is 0. The van der Waals surface area contributed by atoms with Crippen LogP contribution in [0.15, 0.2) is 0 Å². The van der Waals surface area contributed by atoms with Crippen LogP contribution < -0.4 is 29.6 Å². The van der Waals surface area contributed by atoms with E-state index in [-0.39, 0.29) is 97.5 Å². The maximum absolute atomic E-state index is 8.74. The van der Waals surface area contributed by atoms with Gasteiger partial charge < -0.3 is 16.7 Å². The molecule has 3 nitrogen and oxygen atoms in total. The molecule has 0 saturated carbocycles. The van der Waals surface area contributed by atoms with Crippen LogP contribution in [-0.2, 0) is 4.46 Å². The molecule has 0 aromatic heterocycles. The third-order valence-electron chi connectivity index (χ3n) is 0. The summed E-state index contributed by atoms with van der Waals surface area (Å²) >= 11 is 0. The Hall–Kier alpha value is 2.64. The van der Waals surface area contributed by atoms with Crippen molar-refractivity contribution < 1.29 is 50.7 Å². The first kappa shape index (κ1) is 22.6. The van der Waals surface area contributed by atoms with Crippen molar-refractivity contribution >= 4 is 70.0 Å². The second-order valence-corrected chi connectivity index (χ2v) is 0.848. The van der Waals surface area contributed by atoms with Gasteiger partial charge in [0.25, 0.3) is 0 Å². The zero-order chi connectivity index (χ0) is 3.58. The van der Waals surface area contributed by atoms with Crippen LogP contribution in [0.1, 0.15) is 7.13 Å². The average molecular weight is 171 g/mol. The van der Waals surface area contributed by atoms with E-state index >= 15 is 0 Å².